The van der Waals surface area contributed by atoms with Gasteiger partial charge in [-0.05, 0) is 37.2 Å². The van der Waals surface area contributed by atoms with Crippen LogP contribution in [0.1, 0.15) is 26.2 Å². The summed E-state index contributed by atoms with van der Waals surface area (Å²) in [6.45, 7) is 2.62. The second-order valence-corrected chi connectivity index (χ2v) is 8.89. The van der Waals surface area contributed by atoms with E-state index >= 15 is 0 Å². The first kappa shape index (κ1) is 16.3. The SMILES string of the molecule is C[C@@H]1[C@H]2C[C@@]34COC(=O)[C@@H]3CC=C[C@H]4[C@@]13C[C@H](C1=CC(O)OC1=O)O[C@H]3O2. The summed E-state index contributed by atoms with van der Waals surface area (Å²) in [6, 6.07) is 0. The smallest absolute Gasteiger partial charge is 0.339 e. The molecule has 4 fully saturated rings. The largest absolute Gasteiger partial charge is 0.465 e. The molecule has 2 bridgehead atoms. The average Bonchev–Trinajstić information content (AvgIpc) is 3.31. The molecule has 1 saturated carbocycles. The van der Waals surface area contributed by atoms with Gasteiger partial charge in [0.15, 0.2) is 6.29 Å². The minimum absolute atomic E-state index is 0.0193. The Bertz CT molecular complexity index is 802. The van der Waals surface area contributed by atoms with Crippen molar-refractivity contribution in [2.75, 3.05) is 6.61 Å². The second kappa shape index (κ2) is 5.01. The van der Waals surface area contributed by atoms with E-state index in [0.717, 1.165) is 6.42 Å². The molecule has 4 heterocycles. The molecule has 27 heavy (non-hydrogen) atoms. The quantitative estimate of drug-likeness (QED) is 0.542. The summed E-state index contributed by atoms with van der Waals surface area (Å²) in [5, 5.41) is 9.63. The van der Waals surface area contributed by atoms with Crippen molar-refractivity contribution in [3.05, 3.63) is 23.8 Å². The van der Waals surface area contributed by atoms with Crippen LogP contribution in [0.25, 0.3) is 0 Å². The standard InChI is InChI=1S/C20H22O7/c1-9-12-6-19-8-24-17(23)11(19)3-2-4-14(19)20(9)7-13(26-18(20)25-12)10-5-15(21)27-16(10)22/h2,4-5,9,11-15,18,21H,3,6-8H2,1H3/t9-,11+,12-,13-,14-,15?,18-,19-,20-/m1/s1. The number of carbonyl (C=O) groups excluding carboxylic acids is 2. The van der Waals surface area contributed by atoms with E-state index in [1.54, 1.807) is 0 Å². The number of hydrogen-bond acceptors (Lipinski definition) is 7. The number of cyclic esters (lactones) is 2. The third-order valence-corrected chi connectivity index (χ3v) is 8.04. The van der Waals surface area contributed by atoms with Gasteiger partial charge in [-0.3, -0.25) is 4.79 Å². The van der Waals surface area contributed by atoms with Crippen molar-refractivity contribution < 1.29 is 33.6 Å². The molecule has 1 unspecified atom stereocenters. The Morgan fingerprint density at radius 1 is 1.22 bits per heavy atom. The number of aliphatic hydroxyl groups is 1. The molecule has 9 atom stereocenters. The number of fused-ring (bicyclic) bond motifs is 1. The number of aliphatic hydroxyl groups excluding tert-OH is 1. The van der Waals surface area contributed by atoms with Crippen molar-refractivity contribution in [2.24, 2.45) is 28.6 Å². The minimum Gasteiger partial charge on any atom is -0.465 e. The van der Waals surface area contributed by atoms with Crippen molar-refractivity contribution in [1.29, 1.82) is 0 Å². The molecule has 0 aromatic carbocycles. The molecule has 0 aromatic heterocycles. The maximum atomic E-state index is 12.4. The molecule has 7 nitrogen and oxygen atoms in total. The Morgan fingerprint density at radius 2 is 2.07 bits per heavy atom. The summed E-state index contributed by atoms with van der Waals surface area (Å²) < 4.78 is 22.9. The molecular weight excluding hydrogens is 352 g/mol. The molecule has 2 spiro atoms. The van der Waals surface area contributed by atoms with Gasteiger partial charge in [0.25, 0.3) is 0 Å². The van der Waals surface area contributed by atoms with Crippen LogP contribution in [0.15, 0.2) is 23.8 Å². The van der Waals surface area contributed by atoms with Crippen LogP contribution in [0, 0.1) is 28.6 Å². The van der Waals surface area contributed by atoms with E-state index in [4.69, 9.17) is 18.9 Å². The number of esters is 2. The first-order chi connectivity index (χ1) is 13.0. The van der Waals surface area contributed by atoms with E-state index in [-0.39, 0.29) is 40.7 Å². The summed E-state index contributed by atoms with van der Waals surface area (Å²) >= 11 is 0. The Labute approximate surface area is 156 Å². The number of carbonyl (C=O) groups is 2. The van der Waals surface area contributed by atoms with Crippen LogP contribution in [0.5, 0.6) is 0 Å². The van der Waals surface area contributed by atoms with Crippen LogP contribution in [0.3, 0.4) is 0 Å². The van der Waals surface area contributed by atoms with Crippen LogP contribution < -0.4 is 0 Å². The highest BCUT2D eigenvalue weighted by molar-refractivity contribution is 5.92. The third kappa shape index (κ3) is 1.78. The zero-order valence-electron chi connectivity index (χ0n) is 15.0. The maximum Gasteiger partial charge on any atom is 0.339 e. The van der Waals surface area contributed by atoms with Gasteiger partial charge in [0.05, 0.1) is 30.3 Å². The van der Waals surface area contributed by atoms with Crippen LogP contribution >= 0.6 is 0 Å². The van der Waals surface area contributed by atoms with Crippen LogP contribution in [0.4, 0.5) is 0 Å². The summed E-state index contributed by atoms with van der Waals surface area (Å²) in [4.78, 5) is 24.5. The number of hydrogen-bond donors (Lipinski definition) is 1. The lowest BCUT2D eigenvalue weighted by atomic mass is 9.46. The van der Waals surface area contributed by atoms with Crippen molar-refractivity contribution in [3.63, 3.8) is 0 Å². The number of rotatable bonds is 1. The zero-order valence-corrected chi connectivity index (χ0v) is 15.0. The van der Waals surface area contributed by atoms with Crippen LogP contribution in [-0.4, -0.2) is 48.4 Å². The number of allylic oxidation sites excluding steroid dienone is 2. The molecule has 144 valence electrons. The Kier molecular flexibility index (Phi) is 3.02. The first-order valence-corrected chi connectivity index (χ1v) is 9.71. The highest BCUT2D eigenvalue weighted by Gasteiger charge is 2.74. The molecular formula is C20H22O7. The predicted octanol–water partition coefficient (Wildman–Crippen LogP) is 1.06. The molecule has 1 N–H and O–H groups in total. The van der Waals surface area contributed by atoms with Gasteiger partial charge in [-0.1, -0.05) is 19.1 Å². The van der Waals surface area contributed by atoms with Gasteiger partial charge in [-0.2, -0.15) is 0 Å². The molecule has 6 rings (SSSR count). The van der Waals surface area contributed by atoms with Gasteiger partial charge in [0.2, 0.25) is 6.29 Å². The lowest BCUT2D eigenvalue weighted by Gasteiger charge is -2.54. The van der Waals surface area contributed by atoms with Gasteiger partial charge in [0.1, 0.15) is 0 Å². The molecule has 4 aliphatic heterocycles. The van der Waals surface area contributed by atoms with E-state index < -0.39 is 24.7 Å². The normalized spacial score (nSPS) is 54.9. The average molecular weight is 374 g/mol. The topological polar surface area (TPSA) is 91.3 Å². The van der Waals surface area contributed by atoms with Crippen LogP contribution in [-0.2, 0) is 28.5 Å². The predicted molar refractivity (Wildman–Crippen MR) is 88.7 cm³/mol. The summed E-state index contributed by atoms with van der Waals surface area (Å²) in [5.74, 6) is -0.424. The minimum atomic E-state index is -1.21. The van der Waals surface area contributed by atoms with E-state index in [9.17, 15) is 14.7 Å². The highest BCUT2D eigenvalue weighted by Crippen LogP contribution is 2.71. The Morgan fingerprint density at radius 3 is 2.85 bits per heavy atom. The molecule has 0 aromatic rings. The molecule has 3 saturated heterocycles. The molecule has 2 aliphatic carbocycles. The fraction of sp³-hybridized carbons (Fsp3) is 0.700. The Hall–Kier alpha value is -1.70. The van der Waals surface area contributed by atoms with Crippen LogP contribution in [0.2, 0.25) is 0 Å². The monoisotopic (exact) mass is 374 g/mol. The van der Waals surface area contributed by atoms with Gasteiger partial charge >= 0.3 is 11.9 Å². The zero-order chi connectivity index (χ0) is 18.6. The van der Waals surface area contributed by atoms with E-state index in [1.807, 2.05) is 0 Å². The highest BCUT2D eigenvalue weighted by atomic mass is 16.7. The molecule has 0 radical (unpaired) electrons. The maximum absolute atomic E-state index is 12.4. The Balaban J connectivity index is 1.43. The van der Waals surface area contributed by atoms with Gasteiger partial charge in [0, 0.05) is 10.8 Å². The first-order valence-electron chi connectivity index (χ1n) is 9.71. The van der Waals surface area contributed by atoms with E-state index in [0.29, 0.717) is 25.0 Å². The molecule has 6 aliphatic rings. The lowest BCUT2D eigenvalue weighted by Crippen LogP contribution is -2.56. The van der Waals surface area contributed by atoms with Gasteiger partial charge < -0.3 is 24.1 Å². The van der Waals surface area contributed by atoms with Crippen molar-refractivity contribution in [1.82, 2.24) is 0 Å². The van der Waals surface area contributed by atoms with Gasteiger partial charge in [-0.25, -0.2) is 4.79 Å². The fourth-order valence-electron chi connectivity index (χ4n) is 6.80. The fourth-order valence-corrected chi connectivity index (χ4v) is 6.80. The van der Waals surface area contributed by atoms with Crippen molar-refractivity contribution in [3.8, 4) is 0 Å². The van der Waals surface area contributed by atoms with E-state index in [2.05, 4.69) is 19.1 Å². The third-order valence-electron chi connectivity index (χ3n) is 8.04. The number of ether oxygens (including phenoxy) is 4. The summed E-state index contributed by atoms with van der Waals surface area (Å²) in [6.07, 6.45) is 5.78. The summed E-state index contributed by atoms with van der Waals surface area (Å²) in [5.41, 5.74) is -0.195. The van der Waals surface area contributed by atoms with Gasteiger partial charge in [-0.15, -0.1) is 0 Å². The van der Waals surface area contributed by atoms with Crippen molar-refractivity contribution >= 4 is 11.9 Å². The van der Waals surface area contributed by atoms with E-state index in [1.165, 1.54) is 6.08 Å². The molecule has 0 amide bonds. The summed E-state index contributed by atoms with van der Waals surface area (Å²) in [7, 11) is 0. The lowest BCUT2D eigenvalue weighted by molar-refractivity contribution is -0.156. The molecule has 7 heteroatoms. The second-order valence-electron chi connectivity index (χ2n) is 8.89. The van der Waals surface area contributed by atoms with Crippen molar-refractivity contribution in [2.45, 2.75) is 51.0 Å².